The van der Waals surface area contributed by atoms with Gasteiger partial charge >= 0.3 is 0 Å². The predicted molar refractivity (Wildman–Crippen MR) is 64.1 cm³/mol. The molecule has 15 heavy (non-hydrogen) atoms. The van der Waals surface area contributed by atoms with E-state index in [1.54, 1.807) is 7.11 Å². The minimum absolute atomic E-state index is 0.260. The van der Waals surface area contributed by atoms with Crippen LogP contribution in [-0.4, -0.2) is 19.8 Å². The SMILES string of the molecule is COC(C)Cc1ccccc1C(C)CN. The highest BCUT2D eigenvalue weighted by Gasteiger charge is 2.10. The lowest BCUT2D eigenvalue weighted by atomic mass is 9.93. The highest BCUT2D eigenvalue weighted by molar-refractivity contribution is 5.30. The van der Waals surface area contributed by atoms with Crippen molar-refractivity contribution in [1.82, 2.24) is 0 Å². The van der Waals surface area contributed by atoms with Gasteiger partial charge in [0.1, 0.15) is 0 Å². The molecule has 0 amide bonds. The molecule has 0 saturated heterocycles. The molecule has 2 N–H and O–H groups in total. The van der Waals surface area contributed by atoms with Crippen molar-refractivity contribution < 1.29 is 4.74 Å². The summed E-state index contributed by atoms with van der Waals surface area (Å²) in [4.78, 5) is 0. The zero-order valence-electron chi connectivity index (χ0n) is 9.86. The van der Waals surface area contributed by atoms with Gasteiger partial charge in [0.05, 0.1) is 6.10 Å². The van der Waals surface area contributed by atoms with Gasteiger partial charge in [-0.3, -0.25) is 0 Å². The number of nitrogens with two attached hydrogens (primary N) is 1. The maximum Gasteiger partial charge on any atom is 0.0583 e. The van der Waals surface area contributed by atoms with Gasteiger partial charge in [-0.2, -0.15) is 0 Å². The third-order valence-corrected chi connectivity index (χ3v) is 2.85. The van der Waals surface area contributed by atoms with Crippen LogP contribution in [0.25, 0.3) is 0 Å². The molecule has 2 nitrogen and oxygen atoms in total. The van der Waals surface area contributed by atoms with E-state index >= 15 is 0 Å². The van der Waals surface area contributed by atoms with Crippen molar-refractivity contribution in [2.45, 2.75) is 32.3 Å². The van der Waals surface area contributed by atoms with Crippen LogP contribution in [0.5, 0.6) is 0 Å². The van der Waals surface area contributed by atoms with E-state index in [1.165, 1.54) is 11.1 Å². The van der Waals surface area contributed by atoms with Crippen molar-refractivity contribution in [3.8, 4) is 0 Å². The van der Waals surface area contributed by atoms with Crippen molar-refractivity contribution in [3.63, 3.8) is 0 Å². The summed E-state index contributed by atoms with van der Waals surface area (Å²) in [6, 6.07) is 8.47. The predicted octanol–water partition coefficient (Wildman–Crippen LogP) is 2.33. The Labute approximate surface area is 92.4 Å². The molecule has 84 valence electrons. The van der Waals surface area contributed by atoms with E-state index in [0.717, 1.165) is 6.42 Å². The largest absolute Gasteiger partial charge is 0.381 e. The van der Waals surface area contributed by atoms with Gasteiger partial charge in [-0.1, -0.05) is 31.2 Å². The van der Waals surface area contributed by atoms with E-state index in [2.05, 4.69) is 38.1 Å². The number of benzene rings is 1. The number of methoxy groups -OCH3 is 1. The van der Waals surface area contributed by atoms with Crippen LogP contribution in [0.4, 0.5) is 0 Å². The highest BCUT2D eigenvalue weighted by Crippen LogP contribution is 2.20. The Morgan fingerprint density at radius 1 is 1.27 bits per heavy atom. The van der Waals surface area contributed by atoms with Gasteiger partial charge in [0, 0.05) is 7.11 Å². The first-order valence-corrected chi connectivity index (χ1v) is 5.49. The maximum absolute atomic E-state index is 5.71. The molecular weight excluding hydrogens is 186 g/mol. The number of ether oxygens (including phenoxy) is 1. The Kier molecular flexibility index (Phi) is 4.79. The Bertz CT molecular complexity index is 298. The average molecular weight is 207 g/mol. The maximum atomic E-state index is 5.71. The second-order valence-corrected chi connectivity index (χ2v) is 4.09. The Balaban J connectivity index is 2.86. The molecule has 0 fully saturated rings. The quantitative estimate of drug-likeness (QED) is 0.804. The van der Waals surface area contributed by atoms with Crippen LogP contribution in [0.2, 0.25) is 0 Å². The van der Waals surface area contributed by atoms with Crippen LogP contribution < -0.4 is 5.73 Å². The number of rotatable bonds is 5. The lowest BCUT2D eigenvalue weighted by molar-refractivity contribution is 0.118. The lowest BCUT2D eigenvalue weighted by Gasteiger charge is -2.17. The lowest BCUT2D eigenvalue weighted by Crippen LogP contribution is -2.14. The Morgan fingerprint density at radius 3 is 2.53 bits per heavy atom. The first kappa shape index (κ1) is 12.2. The highest BCUT2D eigenvalue weighted by atomic mass is 16.5. The van der Waals surface area contributed by atoms with Crippen LogP contribution in [0.15, 0.2) is 24.3 Å². The normalized spacial score (nSPS) is 14.9. The van der Waals surface area contributed by atoms with Crippen molar-refractivity contribution >= 4 is 0 Å². The summed E-state index contributed by atoms with van der Waals surface area (Å²) < 4.78 is 5.29. The standard InChI is InChI=1S/C13H21NO/c1-10(9-14)13-7-5-4-6-12(13)8-11(2)15-3/h4-7,10-11H,8-9,14H2,1-3H3. The van der Waals surface area contributed by atoms with Gasteiger partial charge in [0.25, 0.3) is 0 Å². The Morgan fingerprint density at radius 2 is 1.93 bits per heavy atom. The molecule has 1 rings (SSSR count). The van der Waals surface area contributed by atoms with Gasteiger partial charge in [-0.15, -0.1) is 0 Å². The van der Waals surface area contributed by atoms with E-state index < -0.39 is 0 Å². The fourth-order valence-electron chi connectivity index (χ4n) is 1.72. The summed E-state index contributed by atoms with van der Waals surface area (Å²) in [6.07, 6.45) is 1.22. The Hall–Kier alpha value is -0.860. The summed E-state index contributed by atoms with van der Waals surface area (Å²) in [7, 11) is 1.75. The third kappa shape index (κ3) is 3.33. The van der Waals surface area contributed by atoms with Crippen molar-refractivity contribution in [3.05, 3.63) is 35.4 Å². The zero-order chi connectivity index (χ0) is 11.3. The molecule has 0 aliphatic heterocycles. The molecule has 0 aromatic heterocycles. The molecule has 0 radical (unpaired) electrons. The molecule has 0 spiro atoms. The first-order valence-electron chi connectivity index (χ1n) is 5.49. The minimum Gasteiger partial charge on any atom is -0.381 e. The summed E-state index contributed by atoms with van der Waals surface area (Å²) in [5, 5.41) is 0. The average Bonchev–Trinajstić information content (AvgIpc) is 2.28. The summed E-state index contributed by atoms with van der Waals surface area (Å²) in [5.74, 6) is 0.422. The van der Waals surface area contributed by atoms with Gasteiger partial charge in [-0.05, 0) is 36.9 Å². The topological polar surface area (TPSA) is 35.2 Å². The molecule has 1 aromatic carbocycles. The second kappa shape index (κ2) is 5.89. The second-order valence-electron chi connectivity index (χ2n) is 4.09. The monoisotopic (exact) mass is 207 g/mol. The van der Waals surface area contributed by atoms with Crippen LogP contribution in [0, 0.1) is 0 Å². The molecule has 2 heteroatoms. The molecule has 0 heterocycles. The number of hydrogen-bond donors (Lipinski definition) is 1. The molecule has 2 atom stereocenters. The van der Waals surface area contributed by atoms with E-state index in [0.29, 0.717) is 12.5 Å². The van der Waals surface area contributed by atoms with Gasteiger partial charge < -0.3 is 10.5 Å². The first-order chi connectivity index (χ1) is 7.19. The summed E-state index contributed by atoms with van der Waals surface area (Å²) in [5.41, 5.74) is 8.41. The van der Waals surface area contributed by atoms with E-state index in [9.17, 15) is 0 Å². The number of hydrogen-bond acceptors (Lipinski definition) is 2. The van der Waals surface area contributed by atoms with Crippen LogP contribution >= 0.6 is 0 Å². The molecule has 0 bridgehead atoms. The minimum atomic E-state index is 0.260. The fourth-order valence-corrected chi connectivity index (χ4v) is 1.72. The fraction of sp³-hybridized carbons (Fsp3) is 0.538. The molecule has 0 aliphatic carbocycles. The van der Waals surface area contributed by atoms with Crippen LogP contribution in [0.1, 0.15) is 30.9 Å². The molecular formula is C13H21NO. The molecule has 1 aromatic rings. The van der Waals surface area contributed by atoms with Gasteiger partial charge in [-0.25, -0.2) is 0 Å². The summed E-state index contributed by atoms with van der Waals surface area (Å²) >= 11 is 0. The van der Waals surface area contributed by atoms with Crippen molar-refractivity contribution in [1.29, 1.82) is 0 Å². The molecule has 0 saturated carbocycles. The third-order valence-electron chi connectivity index (χ3n) is 2.85. The smallest absolute Gasteiger partial charge is 0.0583 e. The van der Waals surface area contributed by atoms with Gasteiger partial charge in [0.15, 0.2) is 0 Å². The molecule has 2 unspecified atom stereocenters. The zero-order valence-corrected chi connectivity index (χ0v) is 9.86. The van der Waals surface area contributed by atoms with Crippen LogP contribution in [-0.2, 0) is 11.2 Å². The summed E-state index contributed by atoms with van der Waals surface area (Å²) in [6.45, 7) is 4.94. The van der Waals surface area contributed by atoms with Crippen LogP contribution in [0.3, 0.4) is 0 Å². The van der Waals surface area contributed by atoms with E-state index in [1.807, 2.05) is 0 Å². The van der Waals surface area contributed by atoms with E-state index in [4.69, 9.17) is 10.5 Å². The van der Waals surface area contributed by atoms with Crippen molar-refractivity contribution in [2.75, 3.05) is 13.7 Å². The van der Waals surface area contributed by atoms with Gasteiger partial charge in [0.2, 0.25) is 0 Å². The van der Waals surface area contributed by atoms with Crippen molar-refractivity contribution in [2.24, 2.45) is 5.73 Å². The van der Waals surface area contributed by atoms with E-state index in [-0.39, 0.29) is 6.10 Å². The molecule has 0 aliphatic rings.